The van der Waals surface area contributed by atoms with Crippen molar-refractivity contribution >= 4 is 11.3 Å². The van der Waals surface area contributed by atoms with Gasteiger partial charge in [-0.25, -0.2) is 0 Å². The van der Waals surface area contributed by atoms with Crippen LogP contribution in [-0.4, -0.2) is 18.8 Å². The fraction of sp³-hybridized carbons (Fsp3) is 0.636. The van der Waals surface area contributed by atoms with Crippen LogP contribution in [-0.2, 0) is 11.2 Å². The largest absolute Gasteiger partial charge is 0.379 e. The van der Waals surface area contributed by atoms with Gasteiger partial charge in [0.05, 0.1) is 6.10 Å². The van der Waals surface area contributed by atoms with Gasteiger partial charge >= 0.3 is 0 Å². The zero-order chi connectivity index (χ0) is 10.4. The maximum absolute atomic E-state index is 5.98. The summed E-state index contributed by atoms with van der Waals surface area (Å²) in [7, 11) is 0. The van der Waals surface area contributed by atoms with Crippen molar-refractivity contribution in [2.45, 2.75) is 38.8 Å². The molecule has 0 amide bonds. The molecular formula is C11H19NOS. The minimum absolute atomic E-state index is 0.229. The van der Waals surface area contributed by atoms with Crippen molar-refractivity contribution in [3.63, 3.8) is 0 Å². The predicted octanol–water partition coefficient (Wildman–Crippen LogP) is 2.43. The summed E-state index contributed by atoms with van der Waals surface area (Å²) in [6.07, 6.45) is 2.22. The topological polar surface area (TPSA) is 35.2 Å². The van der Waals surface area contributed by atoms with Crippen LogP contribution in [0.4, 0.5) is 0 Å². The number of rotatable bonds is 6. The summed E-state index contributed by atoms with van der Waals surface area (Å²) in [5.41, 5.74) is 5.98. The van der Waals surface area contributed by atoms with E-state index in [1.807, 2.05) is 13.8 Å². The molecule has 0 saturated heterocycles. The molecule has 0 aliphatic rings. The molecule has 2 nitrogen and oxygen atoms in total. The summed E-state index contributed by atoms with van der Waals surface area (Å²) in [6, 6.07) is 4.43. The fourth-order valence-electron chi connectivity index (χ4n) is 1.24. The lowest BCUT2D eigenvalue weighted by Gasteiger charge is -2.12. The Morgan fingerprint density at radius 2 is 2.29 bits per heavy atom. The zero-order valence-electron chi connectivity index (χ0n) is 8.90. The van der Waals surface area contributed by atoms with Crippen molar-refractivity contribution in [2.75, 3.05) is 6.61 Å². The third-order valence-electron chi connectivity index (χ3n) is 1.98. The van der Waals surface area contributed by atoms with Crippen molar-refractivity contribution in [3.8, 4) is 0 Å². The van der Waals surface area contributed by atoms with Crippen molar-refractivity contribution in [3.05, 3.63) is 22.4 Å². The van der Waals surface area contributed by atoms with Crippen molar-refractivity contribution in [1.29, 1.82) is 0 Å². The average Bonchev–Trinajstić information content (AvgIpc) is 2.56. The highest BCUT2D eigenvalue weighted by Gasteiger charge is 2.05. The van der Waals surface area contributed by atoms with Crippen LogP contribution in [0, 0.1) is 0 Å². The monoisotopic (exact) mass is 213 g/mol. The smallest absolute Gasteiger partial charge is 0.0518 e. The quantitative estimate of drug-likeness (QED) is 0.787. The number of hydrogen-bond donors (Lipinski definition) is 1. The summed E-state index contributed by atoms with van der Waals surface area (Å²) < 4.78 is 5.46. The molecule has 1 aromatic rings. The molecule has 0 aromatic carbocycles. The lowest BCUT2D eigenvalue weighted by atomic mass is 10.1. The molecule has 0 aliphatic carbocycles. The molecular weight excluding hydrogens is 194 g/mol. The number of thiophene rings is 1. The first-order chi connectivity index (χ1) is 6.68. The van der Waals surface area contributed by atoms with E-state index in [4.69, 9.17) is 10.5 Å². The lowest BCUT2D eigenvalue weighted by Crippen LogP contribution is -2.24. The Balaban J connectivity index is 2.13. The van der Waals surface area contributed by atoms with E-state index < -0.39 is 0 Å². The molecule has 1 heterocycles. The van der Waals surface area contributed by atoms with Gasteiger partial charge in [0.25, 0.3) is 0 Å². The van der Waals surface area contributed by atoms with Crippen LogP contribution in [0.5, 0.6) is 0 Å². The van der Waals surface area contributed by atoms with Gasteiger partial charge in [-0.3, -0.25) is 0 Å². The number of nitrogens with two attached hydrogens (primary N) is 1. The third-order valence-corrected chi connectivity index (χ3v) is 2.88. The van der Waals surface area contributed by atoms with Crippen molar-refractivity contribution in [2.24, 2.45) is 5.73 Å². The normalized spacial score (nSPS) is 13.4. The van der Waals surface area contributed by atoms with E-state index in [0.717, 1.165) is 19.4 Å². The fourth-order valence-corrected chi connectivity index (χ4v) is 2.04. The molecule has 1 unspecified atom stereocenters. The standard InChI is InChI=1S/C11H19NOS/c1-9(2)13-6-5-10(12)8-11-4-3-7-14-11/h3-4,7,9-10H,5-6,8,12H2,1-2H3. The maximum atomic E-state index is 5.98. The van der Waals surface area contributed by atoms with Crippen molar-refractivity contribution < 1.29 is 4.74 Å². The highest BCUT2D eigenvalue weighted by molar-refractivity contribution is 7.09. The van der Waals surface area contributed by atoms with Crippen LogP contribution in [0.1, 0.15) is 25.1 Å². The third kappa shape index (κ3) is 4.74. The molecule has 0 saturated carbocycles. The van der Waals surface area contributed by atoms with Crippen LogP contribution >= 0.6 is 11.3 Å². The van der Waals surface area contributed by atoms with Crippen LogP contribution in [0.3, 0.4) is 0 Å². The summed E-state index contributed by atoms with van der Waals surface area (Å²) >= 11 is 1.77. The van der Waals surface area contributed by atoms with Gasteiger partial charge in [-0.15, -0.1) is 11.3 Å². The molecule has 0 fully saturated rings. The van der Waals surface area contributed by atoms with E-state index in [1.54, 1.807) is 11.3 Å². The first-order valence-corrected chi connectivity index (χ1v) is 5.96. The summed E-state index contributed by atoms with van der Waals surface area (Å²) in [4.78, 5) is 1.36. The Labute approximate surface area is 90.1 Å². The molecule has 2 N–H and O–H groups in total. The molecule has 14 heavy (non-hydrogen) atoms. The molecule has 1 atom stereocenters. The van der Waals surface area contributed by atoms with Crippen LogP contribution in [0.15, 0.2) is 17.5 Å². The Bertz CT molecular complexity index is 233. The predicted molar refractivity (Wildman–Crippen MR) is 61.7 cm³/mol. The Morgan fingerprint density at radius 1 is 1.50 bits per heavy atom. The maximum Gasteiger partial charge on any atom is 0.0518 e. The Hall–Kier alpha value is -0.380. The zero-order valence-corrected chi connectivity index (χ0v) is 9.72. The lowest BCUT2D eigenvalue weighted by molar-refractivity contribution is 0.0737. The number of hydrogen-bond acceptors (Lipinski definition) is 3. The van der Waals surface area contributed by atoms with Gasteiger partial charge in [-0.1, -0.05) is 6.07 Å². The first kappa shape index (κ1) is 11.7. The SMILES string of the molecule is CC(C)OCCC(N)Cc1cccs1. The van der Waals surface area contributed by atoms with E-state index in [-0.39, 0.29) is 6.04 Å². The first-order valence-electron chi connectivity index (χ1n) is 5.08. The summed E-state index contributed by atoms with van der Waals surface area (Å²) in [5.74, 6) is 0. The van der Waals surface area contributed by atoms with Gasteiger partial charge in [-0.05, 0) is 38.1 Å². The molecule has 0 aliphatic heterocycles. The van der Waals surface area contributed by atoms with Crippen molar-refractivity contribution in [1.82, 2.24) is 0 Å². The molecule has 1 rings (SSSR count). The van der Waals surface area contributed by atoms with E-state index in [9.17, 15) is 0 Å². The van der Waals surface area contributed by atoms with E-state index in [1.165, 1.54) is 4.88 Å². The van der Waals surface area contributed by atoms with E-state index in [0.29, 0.717) is 6.10 Å². The minimum atomic E-state index is 0.229. The van der Waals surface area contributed by atoms with E-state index >= 15 is 0 Å². The molecule has 3 heteroatoms. The van der Waals surface area contributed by atoms with Gasteiger partial charge in [-0.2, -0.15) is 0 Å². The molecule has 0 radical (unpaired) electrons. The second kappa shape index (κ2) is 6.17. The van der Waals surface area contributed by atoms with Gasteiger partial charge in [0.1, 0.15) is 0 Å². The van der Waals surface area contributed by atoms with Gasteiger partial charge in [0.15, 0.2) is 0 Å². The van der Waals surface area contributed by atoms with Gasteiger partial charge in [0.2, 0.25) is 0 Å². The van der Waals surface area contributed by atoms with E-state index in [2.05, 4.69) is 17.5 Å². The highest BCUT2D eigenvalue weighted by atomic mass is 32.1. The minimum Gasteiger partial charge on any atom is -0.379 e. The molecule has 0 bridgehead atoms. The van der Waals surface area contributed by atoms with Gasteiger partial charge < -0.3 is 10.5 Å². The molecule has 1 aromatic heterocycles. The van der Waals surface area contributed by atoms with Gasteiger partial charge in [0, 0.05) is 17.5 Å². The number of ether oxygens (including phenoxy) is 1. The van der Waals surface area contributed by atoms with Crippen LogP contribution < -0.4 is 5.73 Å². The highest BCUT2D eigenvalue weighted by Crippen LogP contribution is 2.11. The second-order valence-electron chi connectivity index (χ2n) is 3.75. The van der Waals surface area contributed by atoms with Crippen LogP contribution in [0.25, 0.3) is 0 Å². The summed E-state index contributed by atoms with van der Waals surface area (Å²) in [5, 5.41) is 2.09. The second-order valence-corrected chi connectivity index (χ2v) is 4.78. The Kier molecular flexibility index (Phi) is 5.15. The average molecular weight is 213 g/mol. The summed E-state index contributed by atoms with van der Waals surface area (Å²) in [6.45, 7) is 4.86. The molecule has 80 valence electrons. The Morgan fingerprint density at radius 3 is 2.86 bits per heavy atom. The van der Waals surface area contributed by atoms with Crippen LogP contribution in [0.2, 0.25) is 0 Å². The molecule has 0 spiro atoms.